The minimum absolute atomic E-state index is 0.103. The van der Waals surface area contributed by atoms with Gasteiger partial charge in [-0.2, -0.15) is 9.69 Å². The largest absolute Gasteiger partial charge is 0.519 e. The van der Waals surface area contributed by atoms with E-state index in [4.69, 9.17) is 13.1 Å². The first-order chi connectivity index (χ1) is 14.1. The minimum Gasteiger partial charge on any atom is -0.367 e. The SMILES string of the molecule is [C-]#[N+]C(=Cc1ccc(N(CC)Cc2ccc(C3CCCCC3)cc2)cc1C)[N+]#[C-]. The first-order valence-corrected chi connectivity index (χ1v) is 10.6. The zero-order chi connectivity index (χ0) is 20.6. The van der Waals surface area contributed by atoms with E-state index in [0.29, 0.717) is 0 Å². The Morgan fingerprint density at radius 1 is 1.03 bits per heavy atom. The Morgan fingerprint density at radius 2 is 1.72 bits per heavy atom. The van der Waals surface area contributed by atoms with Gasteiger partial charge in [0, 0.05) is 24.9 Å². The molecule has 0 atom stereocenters. The van der Waals surface area contributed by atoms with Gasteiger partial charge in [-0.1, -0.05) is 49.6 Å². The van der Waals surface area contributed by atoms with Crippen molar-refractivity contribution >= 4 is 11.8 Å². The standard InChI is InChI=1S/C26H29N3/c1-5-29(25-16-15-24(20(2)17-25)18-26(27-3)28-4)19-21-11-13-23(14-12-21)22-9-7-6-8-10-22/h11-18,22H,5-10,19H2,1-2H3. The molecule has 0 N–H and O–H groups in total. The van der Waals surface area contributed by atoms with Gasteiger partial charge in [0.2, 0.25) is 0 Å². The summed E-state index contributed by atoms with van der Waals surface area (Å²) in [7, 11) is 0. The number of benzene rings is 2. The lowest BCUT2D eigenvalue weighted by Crippen LogP contribution is -2.22. The van der Waals surface area contributed by atoms with Crippen molar-refractivity contribution in [2.75, 3.05) is 11.4 Å². The Balaban J connectivity index is 1.73. The van der Waals surface area contributed by atoms with Gasteiger partial charge in [0.25, 0.3) is 0 Å². The molecule has 148 valence electrons. The predicted molar refractivity (Wildman–Crippen MR) is 121 cm³/mol. The van der Waals surface area contributed by atoms with Crippen LogP contribution < -0.4 is 4.90 Å². The molecule has 1 aliphatic carbocycles. The van der Waals surface area contributed by atoms with Crippen LogP contribution in [0.4, 0.5) is 5.69 Å². The maximum absolute atomic E-state index is 7.06. The average molecular weight is 384 g/mol. The summed E-state index contributed by atoms with van der Waals surface area (Å²) < 4.78 is 0. The van der Waals surface area contributed by atoms with Gasteiger partial charge in [-0.3, -0.25) is 0 Å². The predicted octanol–water partition coefficient (Wildman–Crippen LogP) is 7.21. The van der Waals surface area contributed by atoms with Gasteiger partial charge in [-0.15, -0.1) is 0 Å². The molecule has 0 heterocycles. The van der Waals surface area contributed by atoms with Crippen LogP contribution >= 0.6 is 0 Å². The van der Waals surface area contributed by atoms with E-state index in [1.54, 1.807) is 6.08 Å². The van der Waals surface area contributed by atoms with E-state index in [1.807, 2.05) is 13.0 Å². The quantitative estimate of drug-likeness (QED) is 0.480. The van der Waals surface area contributed by atoms with E-state index in [0.717, 1.165) is 30.1 Å². The summed E-state index contributed by atoms with van der Waals surface area (Å²) in [5.74, 6) is 0.852. The van der Waals surface area contributed by atoms with Crippen LogP contribution in [-0.4, -0.2) is 6.54 Å². The molecule has 1 fully saturated rings. The normalized spacial score (nSPS) is 13.9. The Bertz CT molecular complexity index is 919. The van der Waals surface area contributed by atoms with Crippen molar-refractivity contribution in [2.45, 2.75) is 58.4 Å². The van der Waals surface area contributed by atoms with Crippen molar-refractivity contribution in [2.24, 2.45) is 0 Å². The molecule has 0 aliphatic heterocycles. The van der Waals surface area contributed by atoms with Gasteiger partial charge in [0.1, 0.15) is 13.1 Å². The Hall–Kier alpha value is -3.04. The summed E-state index contributed by atoms with van der Waals surface area (Å²) in [4.78, 5) is 8.88. The van der Waals surface area contributed by atoms with Gasteiger partial charge in [0.05, 0.1) is 0 Å². The number of anilines is 1. The lowest BCUT2D eigenvalue weighted by Gasteiger charge is -2.25. The van der Waals surface area contributed by atoms with Crippen molar-refractivity contribution in [1.29, 1.82) is 0 Å². The van der Waals surface area contributed by atoms with Crippen LogP contribution in [0.3, 0.4) is 0 Å². The molecule has 0 radical (unpaired) electrons. The fraction of sp³-hybridized carbons (Fsp3) is 0.385. The molecule has 3 rings (SSSR count). The first kappa shape index (κ1) is 20.7. The molecule has 0 bridgehead atoms. The summed E-state index contributed by atoms with van der Waals surface area (Å²) in [5, 5.41) is 0. The number of hydrogen-bond donors (Lipinski definition) is 0. The summed E-state index contributed by atoms with van der Waals surface area (Å²) in [6, 6.07) is 15.5. The summed E-state index contributed by atoms with van der Waals surface area (Å²) in [6.45, 7) is 20.1. The lowest BCUT2D eigenvalue weighted by molar-refractivity contribution is 0.443. The highest BCUT2D eigenvalue weighted by molar-refractivity contribution is 5.63. The van der Waals surface area contributed by atoms with Gasteiger partial charge in [-0.25, -0.2) is 0 Å². The molecule has 29 heavy (non-hydrogen) atoms. The molecule has 2 aromatic carbocycles. The van der Waals surface area contributed by atoms with Crippen LogP contribution in [0.25, 0.3) is 15.8 Å². The van der Waals surface area contributed by atoms with Gasteiger partial charge >= 0.3 is 5.82 Å². The second-order valence-electron chi connectivity index (χ2n) is 7.86. The van der Waals surface area contributed by atoms with Crippen LogP contribution in [-0.2, 0) is 6.54 Å². The van der Waals surface area contributed by atoms with E-state index < -0.39 is 0 Å². The lowest BCUT2D eigenvalue weighted by atomic mass is 9.84. The molecule has 0 aromatic heterocycles. The smallest absolute Gasteiger partial charge is 0.367 e. The number of aryl methyl sites for hydroxylation is 1. The average Bonchev–Trinajstić information content (AvgIpc) is 2.77. The van der Waals surface area contributed by atoms with Gasteiger partial charge in [0.15, 0.2) is 0 Å². The molecular formula is C26H29N3. The van der Waals surface area contributed by atoms with E-state index in [-0.39, 0.29) is 5.82 Å². The van der Waals surface area contributed by atoms with Crippen LogP contribution in [0.5, 0.6) is 0 Å². The number of rotatable bonds is 6. The Labute approximate surface area is 175 Å². The van der Waals surface area contributed by atoms with Gasteiger partial charge < -0.3 is 4.90 Å². The highest BCUT2D eigenvalue weighted by Gasteiger charge is 2.15. The van der Waals surface area contributed by atoms with Crippen molar-refractivity contribution in [3.8, 4) is 0 Å². The molecule has 0 amide bonds. The molecule has 1 saturated carbocycles. The first-order valence-electron chi connectivity index (χ1n) is 10.6. The third-order valence-corrected chi connectivity index (χ3v) is 5.94. The van der Waals surface area contributed by atoms with E-state index in [2.05, 4.69) is 57.9 Å². The Morgan fingerprint density at radius 3 is 2.31 bits per heavy atom. The van der Waals surface area contributed by atoms with E-state index in [9.17, 15) is 0 Å². The van der Waals surface area contributed by atoms with Crippen LogP contribution in [0.1, 0.15) is 67.2 Å². The van der Waals surface area contributed by atoms with Crippen LogP contribution in [0.15, 0.2) is 48.3 Å². The van der Waals surface area contributed by atoms with Crippen LogP contribution in [0.2, 0.25) is 0 Å². The molecule has 0 saturated heterocycles. The topological polar surface area (TPSA) is 12.0 Å². The van der Waals surface area contributed by atoms with Crippen molar-refractivity contribution in [3.05, 3.63) is 93.4 Å². The van der Waals surface area contributed by atoms with Crippen molar-refractivity contribution in [3.63, 3.8) is 0 Å². The molecule has 3 heteroatoms. The fourth-order valence-electron chi connectivity index (χ4n) is 4.18. The van der Waals surface area contributed by atoms with E-state index in [1.165, 1.54) is 48.9 Å². The van der Waals surface area contributed by atoms with Crippen LogP contribution in [0, 0.1) is 20.1 Å². The molecular weight excluding hydrogens is 354 g/mol. The summed E-state index contributed by atoms with van der Waals surface area (Å²) >= 11 is 0. The third-order valence-electron chi connectivity index (χ3n) is 5.94. The molecule has 0 spiro atoms. The zero-order valence-corrected chi connectivity index (χ0v) is 17.5. The zero-order valence-electron chi connectivity index (χ0n) is 17.5. The monoisotopic (exact) mass is 383 g/mol. The number of nitrogens with zero attached hydrogens (tertiary/aromatic N) is 3. The second kappa shape index (κ2) is 9.94. The summed E-state index contributed by atoms with van der Waals surface area (Å²) in [6.07, 6.45) is 8.47. The maximum atomic E-state index is 7.06. The highest BCUT2D eigenvalue weighted by atomic mass is 15.1. The molecule has 1 aliphatic rings. The highest BCUT2D eigenvalue weighted by Crippen LogP contribution is 2.32. The molecule has 2 aromatic rings. The molecule has 3 nitrogen and oxygen atoms in total. The Kier molecular flexibility index (Phi) is 7.09. The van der Waals surface area contributed by atoms with Crippen molar-refractivity contribution in [1.82, 2.24) is 0 Å². The maximum Gasteiger partial charge on any atom is 0.519 e. The number of hydrogen-bond acceptors (Lipinski definition) is 1. The molecule has 0 unspecified atom stereocenters. The second-order valence-corrected chi connectivity index (χ2v) is 7.86. The minimum atomic E-state index is 0.103. The van der Waals surface area contributed by atoms with Gasteiger partial charge in [-0.05, 0) is 67.0 Å². The fourth-order valence-corrected chi connectivity index (χ4v) is 4.18. The third kappa shape index (κ3) is 5.27. The van der Waals surface area contributed by atoms with E-state index >= 15 is 0 Å². The van der Waals surface area contributed by atoms with Crippen molar-refractivity contribution < 1.29 is 0 Å². The summed E-state index contributed by atoms with van der Waals surface area (Å²) in [5.41, 5.74) is 6.02.